The number of urea groups is 1. The number of anilines is 1. The van der Waals surface area contributed by atoms with Crippen LogP contribution in [0.4, 0.5) is 10.5 Å². The van der Waals surface area contributed by atoms with Gasteiger partial charge in [0, 0.05) is 23.0 Å². The van der Waals surface area contributed by atoms with Gasteiger partial charge >= 0.3 is 6.03 Å². The quantitative estimate of drug-likeness (QED) is 0.789. The van der Waals surface area contributed by atoms with Crippen LogP contribution >= 0.6 is 0 Å². The van der Waals surface area contributed by atoms with Gasteiger partial charge in [0.15, 0.2) is 0 Å². The molecule has 1 heterocycles. The average Bonchev–Trinajstić information content (AvgIpc) is 3.01. The van der Waals surface area contributed by atoms with Gasteiger partial charge in [0.2, 0.25) is 0 Å². The van der Waals surface area contributed by atoms with Gasteiger partial charge in [-0.2, -0.15) is 5.10 Å². The summed E-state index contributed by atoms with van der Waals surface area (Å²) in [6.07, 6.45) is 4.65. The summed E-state index contributed by atoms with van der Waals surface area (Å²) in [7, 11) is 0. The third kappa shape index (κ3) is 4.14. The number of nitrogens with one attached hydrogen (secondary N) is 3. The van der Waals surface area contributed by atoms with Gasteiger partial charge in [0.25, 0.3) is 0 Å². The maximum absolute atomic E-state index is 12.3. The Labute approximate surface area is 142 Å². The highest BCUT2D eigenvalue weighted by atomic mass is 16.5. The van der Waals surface area contributed by atoms with Crippen molar-refractivity contribution in [2.45, 2.75) is 51.9 Å². The fourth-order valence-electron chi connectivity index (χ4n) is 2.91. The molecule has 1 atom stereocenters. The number of carbonyl (C=O) groups excluding carboxylic acids is 1. The van der Waals surface area contributed by atoms with E-state index in [2.05, 4.69) is 20.8 Å². The van der Waals surface area contributed by atoms with E-state index >= 15 is 0 Å². The Morgan fingerprint density at radius 3 is 3.08 bits per heavy atom. The molecule has 0 aliphatic heterocycles. The molecule has 1 aromatic carbocycles. The van der Waals surface area contributed by atoms with Gasteiger partial charge in [-0.25, -0.2) is 4.79 Å². The number of ether oxygens (including phenoxy) is 1. The Hall–Kier alpha value is -2.34. The van der Waals surface area contributed by atoms with Crippen LogP contribution in [-0.2, 0) is 24.2 Å². The molecule has 6 heteroatoms. The number of hydrogen-bond donors (Lipinski definition) is 3. The first-order valence-corrected chi connectivity index (χ1v) is 8.40. The molecule has 1 aromatic heterocycles. The summed E-state index contributed by atoms with van der Waals surface area (Å²) in [5, 5.41) is 13.1. The second-order valence-corrected chi connectivity index (χ2v) is 6.43. The number of aromatic nitrogens is 2. The second kappa shape index (κ2) is 7.49. The molecule has 0 bridgehead atoms. The van der Waals surface area contributed by atoms with Gasteiger partial charge in [-0.1, -0.05) is 18.2 Å². The summed E-state index contributed by atoms with van der Waals surface area (Å²) < 4.78 is 5.65. The maximum Gasteiger partial charge on any atom is 0.319 e. The molecule has 128 valence electrons. The van der Waals surface area contributed by atoms with Gasteiger partial charge in [-0.05, 0) is 44.7 Å². The molecule has 0 spiro atoms. The van der Waals surface area contributed by atoms with Crippen LogP contribution in [0.25, 0.3) is 0 Å². The van der Waals surface area contributed by atoms with Crippen LogP contribution in [0.1, 0.15) is 37.1 Å². The lowest BCUT2D eigenvalue weighted by Crippen LogP contribution is -2.41. The van der Waals surface area contributed by atoms with Gasteiger partial charge in [-0.15, -0.1) is 0 Å². The Morgan fingerprint density at radius 2 is 2.25 bits per heavy atom. The average molecular weight is 328 g/mol. The number of fused-ring (bicyclic) bond motifs is 1. The van der Waals surface area contributed by atoms with Crippen LogP contribution in [0, 0.1) is 0 Å². The second-order valence-electron chi connectivity index (χ2n) is 6.43. The monoisotopic (exact) mass is 328 g/mol. The summed E-state index contributed by atoms with van der Waals surface area (Å²) in [5.74, 6) is 0. The zero-order valence-corrected chi connectivity index (χ0v) is 14.1. The fourth-order valence-corrected chi connectivity index (χ4v) is 2.91. The minimum Gasteiger partial charge on any atom is -0.374 e. The van der Waals surface area contributed by atoms with Crippen molar-refractivity contribution in [1.82, 2.24) is 15.5 Å². The number of nitrogens with zero attached hydrogens (tertiary/aromatic N) is 1. The standard InChI is InChI=1S/C18H24N4O2/c1-12(2)24-11-13-5-3-4-6-16(13)21-18(23)20-15-7-8-17-14(9-15)10-19-22-17/h3-6,10,12,15H,7-9,11H2,1-2H3,(H,19,22)(H2,20,21,23). The van der Waals surface area contributed by atoms with E-state index in [-0.39, 0.29) is 18.2 Å². The minimum absolute atomic E-state index is 0.133. The van der Waals surface area contributed by atoms with E-state index < -0.39 is 0 Å². The molecule has 1 aliphatic rings. The van der Waals surface area contributed by atoms with E-state index in [1.807, 2.05) is 44.3 Å². The Balaban J connectivity index is 1.57. The van der Waals surface area contributed by atoms with Crippen molar-refractivity contribution in [1.29, 1.82) is 0 Å². The molecule has 24 heavy (non-hydrogen) atoms. The van der Waals surface area contributed by atoms with E-state index in [9.17, 15) is 4.79 Å². The first kappa shape index (κ1) is 16.5. The van der Waals surface area contributed by atoms with E-state index in [0.29, 0.717) is 6.61 Å². The summed E-state index contributed by atoms with van der Waals surface area (Å²) in [4.78, 5) is 12.3. The van der Waals surface area contributed by atoms with Crippen LogP contribution < -0.4 is 10.6 Å². The van der Waals surface area contributed by atoms with Crippen molar-refractivity contribution in [2.24, 2.45) is 0 Å². The van der Waals surface area contributed by atoms with Gasteiger partial charge in [0.05, 0.1) is 18.9 Å². The smallest absolute Gasteiger partial charge is 0.319 e. The fraction of sp³-hybridized carbons (Fsp3) is 0.444. The van der Waals surface area contributed by atoms with Crippen molar-refractivity contribution in [2.75, 3.05) is 5.32 Å². The van der Waals surface area contributed by atoms with Gasteiger partial charge < -0.3 is 15.4 Å². The number of aromatic amines is 1. The number of aryl methyl sites for hydroxylation is 1. The van der Waals surface area contributed by atoms with Crippen LogP contribution in [0.3, 0.4) is 0 Å². The highest BCUT2D eigenvalue weighted by molar-refractivity contribution is 5.90. The molecule has 1 unspecified atom stereocenters. The summed E-state index contributed by atoms with van der Waals surface area (Å²) >= 11 is 0. The number of benzene rings is 1. The summed E-state index contributed by atoms with van der Waals surface area (Å²) in [6.45, 7) is 4.47. The van der Waals surface area contributed by atoms with Crippen LogP contribution in [-0.4, -0.2) is 28.4 Å². The van der Waals surface area contributed by atoms with Gasteiger partial charge in [-0.3, -0.25) is 5.10 Å². The number of hydrogen-bond acceptors (Lipinski definition) is 3. The SMILES string of the molecule is CC(C)OCc1ccccc1NC(=O)NC1CCc2[nH]ncc2C1. The summed E-state index contributed by atoms with van der Waals surface area (Å²) in [6, 6.07) is 7.68. The molecule has 6 nitrogen and oxygen atoms in total. The molecular weight excluding hydrogens is 304 g/mol. The maximum atomic E-state index is 12.3. The number of rotatable bonds is 5. The summed E-state index contributed by atoms with van der Waals surface area (Å²) in [5.41, 5.74) is 4.14. The van der Waals surface area contributed by atoms with Crippen LogP contribution in [0.5, 0.6) is 0 Å². The third-order valence-electron chi connectivity index (χ3n) is 4.19. The van der Waals surface area contributed by atoms with Crippen molar-refractivity contribution in [3.63, 3.8) is 0 Å². The molecule has 3 N–H and O–H groups in total. The zero-order chi connectivity index (χ0) is 16.9. The van der Waals surface area contributed by atoms with Crippen LogP contribution in [0.2, 0.25) is 0 Å². The molecular formula is C18H24N4O2. The van der Waals surface area contributed by atoms with Crippen molar-refractivity contribution >= 4 is 11.7 Å². The molecule has 0 fully saturated rings. The molecule has 0 radical (unpaired) electrons. The van der Waals surface area contributed by atoms with E-state index in [1.165, 1.54) is 11.3 Å². The predicted octanol–water partition coefficient (Wildman–Crippen LogP) is 3.01. The lowest BCUT2D eigenvalue weighted by atomic mass is 9.94. The van der Waals surface area contributed by atoms with E-state index in [1.54, 1.807) is 0 Å². The molecule has 0 saturated heterocycles. The third-order valence-corrected chi connectivity index (χ3v) is 4.19. The van der Waals surface area contributed by atoms with Crippen molar-refractivity contribution in [3.8, 4) is 0 Å². The Kier molecular flexibility index (Phi) is 5.15. The first-order chi connectivity index (χ1) is 11.6. The Bertz CT molecular complexity index is 696. The minimum atomic E-state index is -0.177. The topological polar surface area (TPSA) is 79.0 Å². The molecule has 3 rings (SSSR count). The van der Waals surface area contributed by atoms with Crippen LogP contribution in [0.15, 0.2) is 30.5 Å². The lowest BCUT2D eigenvalue weighted by molar-refractivity contribution is 0.0660. The number of H-pyrrole nitrogens is 1. The van der Waals surface area contributed by atoms with Crippen molar-refractivity contribution < 1.29 is 9.53 Å². The highest BCUT2D eigenvalue weighted by Gasteiger charge is 2.21. The van der Waals surface area contributed by atoms with Crippen molar-refractivity contribution in [3.05, 3.63) is 47.3 Å². The van der Waals surface area contributed by atoms with E-state index in [4.69, 9.17) is 4.74 Å². The molecule has 2 amide bonds. The molecule has 2 aromatic rings. The number of amides is 2. The lowest BCUT2D eigenvalue weighted by Gasteiger charge is -2.23. The molecule has 0 saturated carbocycles. The van der Waals surface area contributed by atoms with E-state index in [0.717, 1.165) is 30.5 Å². The Morgan fingerprint density at radius 1 is 1.42 bits per heavy atom. The predicted molar refractivity (Wildman–Crippen MR) is 92.9 cm³/mol. The highest BCUT2D eigenvalue weighted by Crippen LogP contribution is 2.20. The largest absolute Gasteiger partial charge is 0.374 e. The zero-order valence-electron chi connectivity index (χ0n) is 14.1. The first-order valence-electron chi connectivity index (χ1n) is 8.40. The van der Waals surface area contributed by atoms with Gasteiger partial charge in [0.1, 0.15) is 0 Å². The normalized spacial score (nSPS) is 16.7. The molecule has 1 aliphatic carbocycles. The number of para-hydroxylation sites is 1. The number of carbonyl (C=O) groups is 1.